The van der Waals surface area contributed by atoms with E-state index in [1.54, 1.807) is 6.07 Å². The Morgan fingerprint density at radius 2 is 1.90 bits per heavy atom. The highest BCUT2D eigenvalue weighted by Crippen LogP contribution is 2.53. The van der Waals surface area contributed by atoms with Crippen molar-refractivity contribution >= 4 is 11.9 Å². The number of nitrogens with zero attached hydrogens (tertiary/aromatic N) is 2. The molecule has 3 atom stereocenters. The maximum absolute atomic E-state index is 13.8. The second kappa shape index (κ2) is 14.5. The van der Waals surface area contributed by atoms with Crippen LogP contribution >= 0.6 is 0 Å². The number of esters is 1. The fraction of sp³-hybridized carbons (Fsp3) is 0.556. The second-order valence-corrected chi connectivity index (χ2v) is 12.9. The summed E-state index contributed by atoms with van der Waals surface area (Å²) in [5, 5.41) is 12.4. The Morgan fingerprint density at radius 1 is 1.12 bits per heavy atom. The van der Waals surface area contributed by atoms with Crippen LogP contribution in [0.15, 0.2) is 67.3 Å². The van der Waals surface area contributed by atoms with Crippen LogP contribution in [0.3, 0.4) is 0 Å². The molecule has 2 fully saturated rings. The molecule has 0 spiro atoms. The van der Waals surface area contributed by atoms with Crippen molar-refractivity contribution in [3.63, 3.8) is 0 Å². The highest BCUT2D eigenvalue weighted by molar-refractivity contribution is 5.76. The number of amides is 1. The Morgan fingerprint density at radius 3 is 2.62 bits per heavy atom. The van der Waals surface area contributed by atoms with E-state index in [9.17, 15) is 14.7 Å². The van der Waals surface area contributed by atoms with Crippen LogP contribution in [0.1, 0.15) is 83.3 Å². The number of benzene rings is 2. The molecule has 2 aliphatic rings. The summed E-state index contributed by atoms with van der Waals surface area (Å²) in [5.41, 5.74) is 0.838. The maximum Gasteiger partial charge on any atom is 0.308 e. The molecule has 228 valence electrons. The SMILES string of the molecule is C=CCN1CCC2(c3cccc(OC(C)=O)c3)CC(N(CC(C)C)C(=O)CCCCCc3ccccc3)CCC2(O)C1. The number of unbranched alkanes of at least 4 members (excludes halogenated alkanes) is 2. The van der Waals surface area contributed by atoms with Gasteiger partial charge in [0.15, 0.2) is 0 Å². The summed E-state index contributed by atoms with van der Waals surface area (Å²) in [6.07, 6.45) is 9.36. The number of hydrogen-bond acceptors (Lipinski definition) is 5. The Balaban J connectivity index is 1.53. The average Bonchev–Trinajstić information content (AvgIpc) is 2.95. The van der Waals surface area contributed by atoms with E-state index in [0.29, 0.717) is 37.5 Å². The van der Waals surface area contributed by atoms with Gasteiger partial charge in [0, 0.05) is 44.4 Å². The Bertz CT molecular complexity index is 1200. The van der Waals surface area contributed by atoms with Crippen molar-refractivity contribution in [1.29, 1.82) is 0 Å². The molecule has 42 heavy (non-hydrogen) atoms. The number of ether oxygens (including phenoxy) is 1. The van der Waals surface area contributed by atoms with E-state index >= 15 is 0 Å². The Labute approximate surface area is 252 Å². The summed E-state index contributed by atoms with van der Waals surface area (Å²) >= 11 is 0. The van der Waals surface area contributed by atoms with Crippen molar-refractivity contribution in [2.75, 3.05) is 26.2 Å². The second-order valence-electron chi connectivity index (χ2n) is 12.9. The molecule has 3 unspecified atom stereocenters. The molecule has 0 aromatic heterocycles. The quantitative estimate of drug-likeness (QED) is 0.131. The first kappa shape index (κ1) is 32.0. The summed E-state index contributed by atoms with van der Waals surface area (Å²) < 4.78 is 5.46. The van der Waals surface area contributed by atoms with Crippen molar-refractivity contribution in [3.8, 4) is 5.75 Å². The van der Waals surface area contributed by atoms with Gasteiger partial charge in [-0.3, -0.25) is 14.5 Å². The van der Waals surface area contributed by atoms with Crippen molar-refractivity contribution in [3.05, 3.63) is 78.4 Å². The van der Waals surface area contributed by atoms with Gasteiger partial charge in [-0.1, -0.05) is 68.8 Å². The van der Waals surface area contributed by atoms with Gasteiger partial charge < -0.3 is 14.7 Å². The number of rotatable bonds is 13. The molecular weight excluding hydrogens is 524 g/mol. The van der Waals surface area contributed by atoms with Gasteiger partial charge >= 0.3 is 5.97 Å². The number of carbonyl (C=O) groups excluding carboxylic acids is 2. The fourth-order valence-corrected chi connectivity index (χ4v) is 7.28. The van der Waals surface area contributed by atoms with Crippen LogP contribution < -0.4 is 4.74 Å². The van der Waals surface area contributed by atoms with E-state index in [1.807, 2.05) is 24.3 Å². The van der Waals surface area contributed by atoms with Crippen LogP contribution in [0.25, 0.3) is 0 Å². The lowest BCUT2D eigenvalue weighted by molar-refractivity contribution is -0.150. The standard InChI is InChI=1S/C36H50N2O4/c1-5-22-37-23-21-35(31-16-12-17-33(24-31)42-29(4)39)25-32(19-20-36(35,41)27-37)38(26-28(2)3)34(40)18-11-7-10-15-30-13-8-6-9-14-30/h5-6,8-9,12-14,16-17,24,28,32,41H,1,7,10-11,15,18-23,25-27H2,2-4H3. The molecule has 6 heteroatoms. The van der Waals surface area contributed by atoms with Gasteiger partial charge in [0.25, 0.3) is 0 Å². The summed E-state index contributed by atoms with van der Waals surface area (Å²) in [7, 11) is 0. The number of piperidine rings is 1. The first-order valence-electron chi connectivity index (χ1n) is 15.8. The molecule has 0 bridgehead atoms. The van der Waals surface area contributed by atoms with Crippen LogP contribution in [0, 0.1) is 5.92 Å². The van der Waals surface area contributed by atoms with Gasteiger partial charge in [0.05, 0.1) is 5.60 Å². The third-order valence-electron chi connectivity index (χ3n) is 9.26. The zero-order chi connectivity index (χ0) is 30.2. The summed E-state index contributed by atoms with van der Waals surface area (Å²) in [6, 6.07) is 18.3. The predicted molar refractivity (Wildman–Crippen MR) is 168 cm³/mol. The fourth-order valence-electron chi connectivity index (χ4n) is 7.28. The van der Waals surface area contributed by atoms with E-state index in [4.69, 9.17) is 4.74 Å². The van der Waals surface area contributed by atoms with Crippen molar-refractivity contribution in [2.45, 2.75) is 95.6 Å². The van der Waals surface area contributed by atoms with E-state index in [2.05, 4.69) is 60.6 Å². The largest absolute Gasteiger partial charge is 0.427 e. The number of carbonyl (C=O) groups is 2. The van der Waals surface area contributed by atoms with Crippen LogP contribution in [0.4, 0.5) is 0 Å². The molecule has 1 amide bonds. The zero-order valence-corrected chi connectivity index (χ0v) is 25.9. The molecule has 1 aliphatic carbocycles. The lowest BCUT2D eigenvalue weighted by atomic mass is 9.55. The first-order valence-corrected chi connectivity index (χ1v) is 15.8. The minimum absolute atomic E-state index is 0.0489. The minimum Gasteiger partial charge on any atom is -0.427 e. The third-order valence-corrected chi connectivity index (χ3v) is 9.26. The summed E-state index contributed by atoms with van der Waals surface area (Å²) in [5.74, 6) is 0.718. The van der Waals surface area contributed by atoms with Crippen LogP contribution in [0.2, 0.25) is 0 Å². The highest BCUT2D eigenvalue weighted by atomic mass is 16.5. The topological polar surface area (TPSA) is 70.1 Å². The van der Waals surface area contributed by atoms with Crippen LogP contribution in [-0.4, -0.2) is 64.6 Å². The Hall–Kier alpha value is -2.96. The lowest BCUT2D eigenvalue weighted by Crippen LogP contribution is -2.67. The molecule has 6 nitrogen and oxygen atoms in total. The maximum atomic E-state index is 13.8. The number of β-amino-alcohol motifs (C(OH)–C–C–N with tert-alkyl or cyclic N) is 1. The van der Waals surface area contributed by atoms with E-state index in [1.165, 1.54) is 12.5 Å². The van der Waals surface area contributed by atoms with Crippen molar-refractivity contribution in [2.24, 2.45) is 5.92 Å². The van der Waals surface area contributed by atoms with E-state index in [0.717, 1.165) is 63.7 Å². The number of likely N-dealkylation sites (tertiary alicyclic amines) is 1. The number of aryl methyl sites for hydroxylation is 1. The molecule has 1 aliphatic heterocycles. The Kier molecular flexibility index (Phi) is 11.0. The monoisotopic (exact) mass is 574 g/mol. The van der Waals surface area contributed by atoms with Crippen molar-refractivity contribution in [1.82, 2.24) is 9.80 Å². The molecule has 1 N–H and O–H groups in total. The van der Waals surface area contributed by atoms with Crippen LogP contribution in [-0.2, 0) is 21.4 Å². The van der Waals surface area contributed by atoms with Crippen LogP contribution in [0.5, 0.6) is 5.75 Å². The smallest absolute Gasteiger partial charge is 0.308 e. The molecule has 1 saturated carbocycles. The lowest BCUT2D eigenvalue weighted by Gasteiger charge is -2.59. The molecule has 4 rings (SSSR count). The molecule has 1 heterocycles. The average molecular weight is 575 g/mol. The minimum atomic E-state index is -0.955. The van der Waals surface area contributed by atoms with E-state index in [-0.39, 0.29) is 17.9 Å². The summed E-state index contributed by atoms with van der Waals surface area (Å²) in [6.45, 7) is 12.5. The molecular formula is C36H50N2O4. The first-order chi connectivity index (χ1) is 20.2. The van der Waals surface area contributed by atoms with Gasteiger partial charge in [-0.2, -0.15) is 0 Å². The summed E-state index contributed by atoms with van der Waals surface area (Å²) in [4.78, 5) is 29.9. The van der Waals surface area contributed by atoms with Crippen molar-refractivity contribution < 1.29 is 19.4 Å². The van der Waals surface area contributed by atoms with Gasteiger partial charge in [-0.15, -0.1) is 6.58 Å². The number of aliphatic hydroxyl groups is 1. The normalized spacial score (nSPS) is 24.2. The molecule has 2 aromatic rings. The van der Waals surface area contributed by atoms with E-state index < -0.39 is 11.0 Å². The van der Waals surface area contributed by atoms with Gasteiger partial charge in [0.2, 0.25) is 5.91 Å². The van der Waals surface area contributed by atoms with Gasteiger partial charge in [-0.05, 0) is 80.7 Å². The number of hydrogen-bond donors (Lipinski definition) is 1. The number of fused-ring (bicyclic) bond motifs is 1. The third kappa shape index (κ3) is 7.70. The molecule has 2 aromatic carbocycles. The van der Waals surface area contributed by atoms with Gasteiger partial charge in [-0.25, -0.2) is 0 Å². The zero-order valence-electron chi connectivity index (χ0n) is 25.9. The highest BCUT2D eigenvalue weighted by Gasteiger charge is 2.58. The van der Waals surface area contributed by atoms with Gasteiger partial charge in [0.1, 0.15) is 5.75 Å². The molecule has 0 radical (unpaired) electrons. The predicted octanol–water partition coefficient (Wildman–Crippen LogP) is 6.31. The molecule has 1 saturated heterocycles.